The summed E-state index contributed by atoms with van der Waals surface area (Å²) in [5, 5.41) is 0. The summed E-state index contributed by atoms with van der Waals surface area (Å²) in [6.45, 7) is 10.5. The maximum absolute atomic E-state index is 2.37. The van der Waals surface area contributed by atoms with Gasteiger partial charge in [-0.2, -0.15) is 0 Å². The number of hydrogen-bond donors (Lipinski definition) is 0. The molecule has 1 nitrogen and oxygen atoms in total. The standard InChI is InChI=1S/C16H20N.C2H6.5CH4.2HI.V/c1-5-6-9-17(4)15-8-7-14-10-12(2)13(3)16(14)11-15;1-2;;;;;;;;/h5-9,11H,10H2,1-4H3;1-2H3;5*1H4;2*1H;/q+1;;;;;;;;;+2/p-2. The number of halogens is 2. The minimum absolute atomic E-state index is 0. The summed E-state index contributed by atoms with van der Waals surface area (Å²) in [5.74, 6) is 0. The van der Waals surface area contributed by atoms with Gasteiger partial charge >= 0.3 is 49.4 Å². The summed E-state index contributed by atoms with van der Waals surface area (Å²) < 4.78 is 2.15. The van der Waals surface area contributed by atoms with Crippen LogP contribution in [-0.4, -0.2) is 17.8 Å². The van der Waals surface area contributed by atoms with Crippen molar-refractivity contribution in [2.45, 2.75) is 78.2 Å². The molecular formula is C23H46I2NV+. The number of nitrogens with zero attached hydrogens (tertiary/aromatic N) is 1. The first-order valence-corrected chi connectivity index (χ1v) is 16.5. The molecule has 0 aromatic heterocycles. The molecule has 1 aromatic rings. The number of rotatable bonds is 2. The Hall–Kier alpha value is 0.414. The Morgan fingerprint density at radius 3 is 1.93 bits per heavy atom. The molecule has 161 valence electrons. The molecule has 0 amide bonds. The average Bonchev–Trinajstić information content (AvgIpc) is 2.82. The van der Waals surface area contributed by atoms with Crippen LogP contribution < -0.4 is 0 Å². The fraction of sp³-hybridized carbons (Fsp3) is 0.522. The van der Waals surface area contributed by atoms with Gasteiger partial charge in [-0.3, -0.25) is 0 Å². The number of fused-ring (bicyclic) bond motifs is 1. The maximum atomic E-state index is 2.37. The van der Waals surface area contributed by atoms with Crippen molar-refractivity contribution in [2.24, 2.45) is 0 Å². The van der Waals surface area contributed by atoms with Gasteiger partial charge in [0.15, 0.2) is 6.21 Å². The molecule has 4 heteroatoms. The van der Waals surface area contributed by atoms with Crippen molar-refractivity contribution in [3.8, 4) is 0 Å². The summed E-state index contributed by atoms with van der Waals surface area (Å²) in [7, 11) is 2.71. The molecule has 0 radical (unpaired) electrons. The van der Waals surface area contributed by atoms with E-state index >= 15 is 0 Å². The minimum atomic E-state index is 0. The van der Waals surface area contributed by atoms with Gasteiger partial charge in [-0.1, -0.05) is 68.7 Å². The number of benzene rings is 1. The van der Waals surface area contributed by atoms with Crippen molar-refractivity contribution in [1.82, 2.24) is 0 Å². The average molecular weight is 641 g/mol. The van der Waals surface area contributed by atoms with E-state index in [2.05, 4.69) is 95.9 Å². The van der Waals surface area contributed by atoms with Crippen LogP contribution in [0.1, 0.15) is 82.9 Å². The van der Waals surface area contributed by atoms with Crippen LogP contribution >= 0.6 is 40.0 Å². The Balaban J connectivity index is -0.000000101. The van der Waals surface area contributed by atoms with Gasteiger partial charge < -0.3 is 0 Å². The quantitative estimate of drug-likeness (QED) is 0.172. The van der Waals surface area contributed by atoms with Gasteiger partial charge in [0, 0.05) is 12.1 Å². The molecule has 27 heavy (non-hydrogen) atoms. The monoisotopic (exact) mass is 641 g/mol. The Bertz CT molecular complexity index is 561. The van der Waals surface area contributed by atoms with Crippen molar-refractivity contribution in [2.75, 3.05) is 7.05 Å². The van der Waals surface area contributed by atoms with Crippen LogP contribution in [0.2, 0.25) is 0 Å². The van der Waals surface area contributed by atoms with Crippen LogP contribution in [0.5, 0.6) is 0 Å². The predicted octanol–water partition coefficient (Wildman–Crippen LogP) is 9.93. The van der Waals surface area contributed by atoms with Crippen molar-refractivity contribution in [3.05, 3.63) is 47.1 Å². The number of allylic oxidation sites excluding steroid dienone is 4. The van der Waals surface area contributed by atoms with Crippen LogP contribution in [0.25, 0.3) is 5.57 Å². The van der Waals surface area contributed by atoms with E-state index in [9.17, 15) is 0 Å². The molecule has 0 fully saturated rings. The second-order valence-corrected chi connectivity index (χ2v) is 16.6. The fourth-order valence-corrected chi connectivity index (χ4v) is 2.24. The first kappa shape index (κ1) is 41.7. The van der Waals surface area contributed by atoms with E-state index in [-0.39, 0.29) is 37.1 Å². The van der Waals surface area contributed by atoms with Gasteiger partial charge in [-0.25, -0.2) is 4.58 Å². The van der Waals surface area contributed by atoms with Gasteiger partial charge in [-0.15, -0.1) is 0 Å². The molecule has 1 aromatic carbocycles. The van der Waals surface area contributed by atoms with E-state index in [1.165, 1.54) is 28.0 Å². The van der Waals surface area contributed by atoms with E-state index in [0.29, 0.717) is 9.47 Å². The Morgan fingerprint density at radius 2 is 1.48 bits per heavy atom. The van der Waals surface area contributed by atoms with Crippen molar-refractivity contribution in [3.63, 3.8) is 0 Å². The van der Waals surface area contributed by atoms with Crippen molar-refractivity contribution in [1.29, 1.82) is 0 Å². The van der Waals surface area contributed by atoms with Crippen LogP contribution in [-0.2, 0) is 15.9 Å². The van der Waals surface area contributed by atoms with E-state index in [4.69, 9.17) is 0 Å². The molecule has 0 bridgehead atoms. The summed E-state index contributed by atoms with van der Waals surface area (Å²) >= 11 is 4.74. The zero-order valence-corrected chi connectivity index (χ0v) is 20.0. The molecule has 0 unspecified atom stereocenters. The summed E-state index contributed by atoms with van der Waals surface area (Å²) in [6, 6.07) is 6.75. The zero-order chi connectivity index (χ0) is 17.1. The van der Waals surface area contributed by atoms with Gasteiger partial charge in [0.1, 0.15) is 7.05 Å². The SMILES string of the molecule is C.C.C.C.C.CC.CC=CC=[N+](C)c1ccc2c(c1)C(C)=C(C)C2.[I][V][I]. The Labute approximate surface area is 202 Å². The molecule has 1 aliphatic rings. The third kappa shape index (κ3) is 14.1. The Kier molecular flexibility index (Phi) is 37.8. The molecule has 0 aliphatic heterocycles. The summed E-state index contributed by atoms with van der Waals surface area (Å²) in [5.41, 5.74) is 7.07. The van der Waals surface area contributed by atoms with Crippen LogP contribution in [0.4, 0.5) is 5.69 Å². The summed E-state index contributed by atoms with van der Waals surface area (Å²) in [4.78, 5) is 0. The first-order valence-electron chi connectivity index (χ1n) is 7.46. The van der Waals surface area contributed by atoms with E-state index in [1.807, 2.05) is 26.8 Å². The van der Waals surface area contributed by atoms with Crippen molar-refractivity contribution >= 4 is 57.4 Å². The number of hydrogen-bond acceptors (Lipinski definition) is 0. The second kappa shape index (κ2) is 24.5. The molecule has 2 rings (SSSR count). The van der Waals surface area contributed by atoms with Gasteiger partial charge in [-0.05, 0) is 50.0 Å². The van der Waals surface area contributed by atoms with Crippen LogP contribution in [0.3, 0.4) is 0 Å². The molecule has 0 saturated carbocycles. The van der Waals surface area contributed by atoms with Gasteiger partial charge in [0.05, 0.1) is 0 Å². The van der Waals surface area contributed by atoms with Gasteiger partial charge in [0.2, 0.25) is 5.69 Å². The molecule has 0 N–H and O–H groups in total. The fourth-order valence-electron chi connectivity index (χ4n) is 2.24. The van der Waals surface area contributed by atoms with E-state index in [1.54, 1.807) is 0 Å². The topological polar surface area (TPSA) is 3.01 Å². The Morgan fingerprint density at radius 1 is 1.00 bits per heavy atom. The molecule has 0 spiro atoms. The van der Waals surface area contributed by atoms with Crippen LogP contribution in [0, 0.1) is 0 Å². The molecule has 0 heterocycles. The molecule has 0 saturated heterocycles. The van der Waals surface area contributed by atoms with E-state index < -0.39 is 0 Å². The van der Waals surface area contributed by atoms with Gasteiger partial charge in [0.25, 0.3) is 0 Å². The third-order valence-corrected chi connectivity index (χ3v) is 3.50. The first-order chi connectivity index (χ1) is 10.5. The normalized spacial score (nSPS) is 10.7. The van der Waals surface area contributed by atoms with Crippen LogP contribution in [0.15, 0.2) is 35.9 Å². The third-order valence-electron chi connectivity index (χ3n) is 3.50. The summed E-state index contributed by atoms with van der Waals surface area (Å²) in [6.07, 6.45) is 7.30. The zero-order valence-electron chi connectivity index (χ0n) is 14.3. The molecule has 0 atom stereocenters. The second-order valence-electron chi connectivity index (χ2n) is 4.77. The molecular weight excluding hydrogens is 595 g/mol. The van der Waals surface area contributed by atoms with Crippen molar-refractivity contribution < 1.29 is 14.0 Å². The predicted molar refractivity (Wildman–Crippen MR) is 148 cm³/mol. The van der Waals surface area contributed by atoms with E-state index in [0.717, 1.165) is 6.42 Å². The molecule has 1 aliphatic carbocycles.